The van der Waals surface area contributed by atoms with Crippen LogP contribution in [-0.4, -0.2) is 11.5 Å². The summed E-state index contributed by atoms with van der Waals surface area (Å²) in [6, 6.07) is 7.94. The number of rotatable bonds is 2. The number of para-hydroxylation sites is 1. The SMILES string of the molecule is Cc1nc2c(Cl)cccc2cc1CCN. The third-order valence-electron chi connectivity index (χ3n) is 2.51. The summed E-state index contributed by atoms with van der Waals surface area (Å²) in [5.41, 5.74) is 8.64. The smallest absolute Gasteiger partial charge is 0.0891 e. The molecule has 0 saturated heterocycles. The Balaban J connectivity index is 2.65. The van der Waals surface area contributed by atoms with Crippen molar-refractivity contribution in [1.82, 2.24) is 4.98 Å². The summed E-state index contributed by atoms with van der Waals surface area (Å²) in [6.07, 6.45) is 0.862. The average Bonchev–Trinajstić information content (AvgIpc) is 2.21. The van der Waals surface area contributed by atoms with Crippen LogP contribution in [0, 0.1) is 6.92 Å². The van der Waals surface area contributed by atoms with Gasteiger partial charge in [-0.25, -0.2) is 0 Å². The first-order valence-electron chi connectivity index (χ1n) is 4.97. The third-order valence-corrected chi connectivity index (χ3v) is 2.81. The highest BCUT2D eigenvalue weighted by Crippen LogP contribution is 2.23. The van der Waals surface area contributed by atoms with E-state index in [0.29, 0.717) is 11.6 Å². The van der Waals surface area contributed by atoms with Crippen LogP contribution in [0.4, 0.5) is 0 Å². The van der Waals surface area contributed by atoms with Crippen molar-refractivity contribution in [3.63, 3.8) is 0 Å². The molecule has 2 aromatic rings. The number of aryl methyl sites for hydroxylation is 1. The summed E-state index contributed by atoms with van der Waals surface area (Å²) in [7, 11) is 0. The zero-order valence-electron chi connectivity index (χ0n) is 8.63. The van der Waals surface area contributed by atoms with Crippen LogP contribution in [0.2, 0.25) is 5.02 Å². The minimum absolute atomic E-state index is 0.647. The molecule has 1 heterocycles. The lowest BCUT2D eigenvalue weighted by Crippen LogP contribution is -2.05. The number of aromatic nitrogens is 1. The molecule has 3 heteroatoms. The number of nitrogens with two attached hydrogens (primary N) is 1. The van der Waals surface area contributed by atoms with Gasteiger partial charge in [0.2, 0.25) is 0 Å². The number of benzene rings is 1. The maximum atomic E-state index is 6.07. The van der Waals surface area contributed by atoms with Gasteiger partial charge in [-0.3, -0.25) is 4.98 Å². The lowest BCUT2D eigenvalue weighted by atomic mass is 10.1. The Bertz CT molecular complexity index is 494. The second-order valence-corrected chi connectivity index (χ2v) is 3.99. The van der Waals surface area contributed by atoms with Crippen LogP contribution in [0.25, 0.3) is 10.9 Å². The molecule has 0 radical (unpaired) electrons. The van der Waals surface area contributed by atoms with Gasteiger partial charge in [-0.2, -0.15) is 0 Å². The van der Waals surface area contributed by atoms with Crippen molar-refractivity contribution < 1.29 is 0 Å². The maximum absolute atomic E-state index is 6.07. The van der Waals surface area contributed by atoms with Crippen LogP contribution in [0.1, 0.15) is 11.3 Å². The van der Waals surface area contributed by atoms with Crippen LogP contribution in [0.15, 0.2) is 24.3 Å². The van der Waals surface area contributed by atoms with Gasteiger partial charge >= 0.3 is 0 Å². The predicted molar refractivity (Wildman–Crippen MR) is 64.2 cm³/mol. The zero-order valence-corrected chi connectivity index (χ0v) is 9.38. The first-order chi connectivity index (χ1) is 7.22. The van der Waals surface area contributed by atoms with E-state index in [4.69, 9.17) is 17.3 Å². The Hall–Kier alpha value is -1.12. The van der Waals surface area contributed by atoms with Gasteiger partial charge in [0.25, 0.3) is 0 Å². The number of hydrogen-bond donors (Lipinski definition) is 1. The van der Waals surface area contributed by atoms with Gasteiger partial charge in [0.15, 0.2) is 0 Å². The Labute approximate surface area is 94.1 Å². The molecule has 2 nitrogen and oxygen atoms in total. The molecule has 78 valence electrons. The van der Waals surface area contributed by atoms with Crippen molar-refractivity contribution >= 4 is 22.5 Å². The zero-order chi connectivity index (χ0) is 10.8. The Morgan fingerprint density at radius 3 is 2.93 bits per heavy atom. The van der Waals surface area contributed by atoms with Gasteiger partial charge in [0.05, 0.1) is 10.5 Å². The Morgan fingerprint density at radius 2 is 2.20 bits per heavy atom. The molecular weight excluding hydrogens is 208 g/mol. The molecule has 0 unspecified atom stereocenters. The van der Waals surface area contributed by atoms with Crippen LogP contribution in [0.5, 0.6) is 0 Å². The summed E-state index contributed by atoms with van der Waals surface area (Å²) in [4.78, 5) is 4.51. The summed E-state index contributed by atoms with van der Waals surface area (Å²) < 4.78 is 0. The normalized spacial score (nSPS) is 10.9. The van der Waals surface area contributed by atoms with Gasteiger partial charge in [-0.05, 0) is 37.6 Å². The van der Waals surface area contributed by atoms with E-state index in [1.807, 2.05) is 25.1 Å². The van der Waals surface area contributed by atoms with Crippen molar-refractivity contribution in [2.75, 3.05) is 6.54 Å². The molecule has 0 amide bonds. The number of pyridine rings is 1. The predicted octanol–water partition coefficient (Wildman–Crippen LogP) is 2.70. The first-order valence-corrected chi connectivity index (χ1v) is 5.35. The molecule has 2 rings (SSSR count). The molecule has 0 saturated carbocycles. The van der Waals surface area contributed by atoms with Crippen LogP contribution >= 0.6 is 11.6 Å². The number of halogens is 1. The lowest BCUT2D eigenvalue weighted by molar-refractivity contribution is 0.946. The van der Waals surface area contributed by atoms with E-state index < -0.39 is 0 Å². The molecule has 0 atom stereocenters. The van der Waals surface area contributed by atoms with Gasteiger partial charge in [0, 0.05) is 11.1 Å². The quantitative estimate of drug-likeness (QED) is 0.845. The fourth-order valence-corrected chi connectivity index (χ4v) is 1.93. The van der Waals surface area contributed by atoms with Crippen molar-refractivity contribution in [1.29, 1.82) is 0 Å². The second-order valence-electron chi connectivity index (χ2n) is 3.58. The minimum Gasteiger partial charge on any atom is -0.330 e. The van der Waals surface area contributed by atoms with E-state index in [1.54, 1.807) is 0 Å². The topological polar surface area (TPSA) is 38.9 Å². The summed E-state index contributed by atoms with van der Waals surface area (Å²) >= 11 is 6.07. The van der Waals surface area contributed by atoms with Crippen molar-refractivity contribution in [2.45, 2.75) is 13.3 Å². The van der Waals surface area contributed by atoms with E-state index in [0.717, 1.165) is 23.0 Å². The van der Waals surface area contributed by atoms with E-state index in [-0.39, 0.29) is 0 Å². The number of hydrogen-bond acceptors (Lipinski definition) is 2. The molecule has 0 aliphatic rings. The van der Waals surface area contributed by atoms with Gasteiger partial charge in [-0.15, -0.1) is 0 Å². The average molecular weight is 221 g/mol. The highest BCUT2D eigenvalue weighted by atomic mass is 35.5. The number of nitrogens with zero attached hydrogens (tertiary/aromatic N) is 1. The molecule has 0 aliphatic heterocycles. The minimum atomic E-state index is 0.647. The molecule has 0 aliphatic carbocycles. The monoisotopic (exact) mass is 220 g/mol. The van der Waals surface area contributed by atoms with Crippen molar-refractivity contribution in [3.05, 3.63) is 40.5 Å². The Morgan fingerprint density at radius 1 is 1.40 bits per heavy atom. The first kappa shape index (κ1) is 10.4. The van der Waals surface area contributed by atoms with Crippen LogP contribution in [0.3, 0.4) is 0 Å². The highest BCUT2D eigenvalue weighted by molar-refractivity contribution is 6.35. The fourth-order valence-electron chi connectivity index (χ4n) is 1.71. The Kier molecular flexibility index (Phi) is 2.89. The molecule has 1 aromatic carbocycles. The molecule has 1 aromatic heterocycles. The summed E-state index contributed by atoms with van der Waals surface area (Å²) in [5, 5.41) is 1.78. The van der Waals surface area contributed by atoms with E-state index in [1.165, 1.54) is 5.56 Å². The van der Waals surface area contributed by atoms with E-state index in [9.17, 15) is 0 Å². The summed E-state index contributed by atoms with van der Waals surface area (Å²) in [5.74, 6) is 0. The van der Waals surface area contributed by atoms with Crippen molar-refractivity contribution in [3.8, 4) is 0 Å². The van der Waals surface area contributed by atoms with Crippen LogP contribution < -0.4 is 5.73 Å². The molecule has 0 bridgehead atoms. The largest absolute Gasteiger partial charge is 0.330 e. The number of fused-ring (bicyclic) bond motifs is 1. The molecule has 0 fully saturated rings. The maximum Gasteiger partial charge on any atom is 0.0891 e. The fraction of sp³-hybridized carbons (Fsp3) is 0.250. The highest BCUT2D eigenvalue weighted by Gasteiger charge is 2.04. The second kappa shape index (κ2) is 4.17. The van der Waals surface area contributed by atoms with E-state index in [2.05, 4.69) is 11.1 Å². The van der Waals surface area contributed by atoms with Gasteiger partial charge < -0.3 is 5.73 Å². The molecule has 15 heavy (non-hydrogen) atoms. The van der Waals surface area contributed by atoms with E-state index >= 15 is 0 Å². The lowest BCUT2D eigenvalue weighted by Gasteiger charge is -2.07. The van der Waals surface area contributed by atoms with Crippen LogP contribution in [-0.2, 0) is 6.42 Å². The molecule has 0 spiro atoms. The van der Waals surface area contributed by atoms with Crippen molar-refractivity contribution in [2.24, 2.45) is 5.73 Å². The third kappa shape index (κ3) is 1.96. The molecular formula is C12H13ClN2. The van der Waals surface area contributed by atoms with Gasteiger partial charge in [-0.1, -0.05) is 23.7 Å². The van der Waals surface area contributed by atoms with Gasteiger partial charge in [0.1, 0.15) is 0 Å². The molecule has 2 N–H and O–H groups in total. The summed E-state index contributed by atoms with van der Waals surface area (Å²) in [6.45, 7) is 2.64. The standard InChI is InChI=1S/C12H13ClN2/c1-8-9(5-6-14)7-10-3-2-4-11(13)12(10)15-8/h2-4,7H,5-6,14H2,1H3.